The molecular formula is C14H21N3S. The summed E-state index contributed by atoms with van der Waals surface area (Å²) in [5.74, 6) is 2.33. The normalized spacial score (nSPS) is 27.1. The van der Waals surface area contributed by atoms with Crippen molar-refractivity contribution in [2.75, 3.05) is 5.32 Å². The molecule has 3 nitrogen and oxygen atoms in total. The van der Waals surface area contributed by atoms with Crippen LogP contribution < -0.4 is 11.1 Å². The SMILES string of the molecule is CCC1CCC(Nc2ncccc2C(N)=S)C1C. The first-order valence-corrected chi connectivity index (χ1v) is 7.05. The van der Waals surface area contributed by atoms with E-state index in [4.69, 9.17) is 18.0 Å². The molecule has 1 aliphatic rings. The summed E-state index contributed by atoms with van der Waals surface area (Å²) < 4.78 is 0. The molecule has 4 heteroatoms. The zero-order valence-electron chi connectivity index (χ0n) is 11.0. The first kappa shape index (κ1) is 13.3. The van der Waals surface area contributed by atoms with E-state index in [1.54, 1.807) is 6.20 Å². The highest BCUT2D eigenvalue weighted by Gasteiger charge is 2.31. The van der Waals surface area contributed by atoms with Gasteiger partial charge in [-0.05, 0) is 36.8 Å². The molecular weight excluding hydrogens is 242 g/mol. The average molecular weight is 263 g/mol. The number of rotatable bonds is 4. The van der Waals surface area contributed by atoms with E-state index in [2.05, 4.69) is 24.1 Å². The van der Waals surface area contributed by atoms with E-state index in [0.717, 1.165) is 17.3 Å². The van der Waals surface area contributed by atoms with Gasteiger partial charge >= 0.3 is 0 Å². The molecule has 0 aromatic carbocycles. The van der Waals surface area contributed by atoms with Crippen molar-refractivity contribution in [2.45, 2.75) is 39.2 Å². The fourth-order valence-electron chi connectivity index (χ4n) is 2.92. The lowest BCUT2D eigenvalue weighted by molar-refractivity contribution is 0.391. The van der Waals surface area contributed by atoms with Crippen LogP contribution in [0.2, 0.25) is 0 Å². The topological polar surface area (TPSA) is 50.9 Å². The van der Waals surface area contributed by atoms with Crippen LogP contribution in [0, 0.1) is 11.8 Å². The van der Waals surface area contributed by atoms with Crippen LogP contribution in [0.5, 0.6) is 0 Å². The second-order valence-electron chi connectivity index (χ2n) is 5.12. The number of aromatic nitrogens is 1. The number of nitrogens with zero attached hydrogens (tertiary/aromatic N) is 1. The highest BCUT2D eigenvalue weighted by atomic mass is 32.1. The lowest BCUT2D eigenvalue weighted by Gasteiger charge is -2.22. The maximum Gasteiger partial charge on any atom is 0.136 e. The Bertz CT molecular complexity index is 433. The van der Waals surface area contributed by atoms with E-state index in [1.165, 1.54) is 19.3 Å². The van der Waals surface area contributed by atoms with Crippen LogP contribution in [0.4, 0.5) is 5.82 Å². The number of thiocarbonyl (C=S) groups is 1. The molecule has 1 aromatic heterocycles. The van der Waals surface area contributed by atoms with Crippen molar-refractivity contribution < 1.29 is 0 Å². The summed E-state index contributed by atoms with van der Waals surface area (Å²) in [6, 6.07) is 4.28. The Morgan fingerprint density at radius 1 is 1.56 bits per heavy atom. The fourth-order valence-corrected chi connectivity index (χ4v) is 3.09. The van der Waals surface area contributed by atoms with E-state index in [9.17, 15) is 0 Å². The molecule has 18 heavy (non-hydrogen) atoms. The molecule has 3 unspecified atom stereocenters. The van der Waals surface area contributed by atoms with Gasteiger partial charge in [-0.3, -0.25) is 0 Å². The van der Waals surface area contributed by atoms with Gasteiger partial charge < -0.3 is 11.1 Å². The van der Waals surface area contributed by atoms with Crippen molar-refractivity contribution in [3.8, 4) is 0 Å². The largest absolute Gasteiger partial charge is 0.389 e. The first-order valence-electron chi connectivity index (χ1n) is 6.64. The number of hydrogen-bond acceptors (Lipinski definition) is 3. The monoisotopic (exact) mass is 263 g/mol. The summed E-state index contributed by atoms with van der Waals surface area (Å²) in [6.45, 7) is 4.59. The molecule has 0 bridgehead atoms. The molecule has 0 spiro atoms. The molecule has 0 radical (unpaired) electrons. The second kappa shape index (κ2) is 5.65. The molecule has 1 aromatic rings. The predicted octanol–water partition coefficient (Wildman–Crippen LogP) is 2.95. The van der Waals surface area contributed by atoms with Gasteiger partial charge in [-0.1, -0.05) is 32.5 Å². The average Bonchev–Trinajstić information content (AvgIpc) is 2.71. The quantitative estimate of drug-likeness (QED) is 0.820. The molecule has 1 saturated carbocycles. The van der Waals surface area contributed by atoms with Gasteiger partial charge in [-0.15, -0.1) is 0 Å². The molecule has 1 fully saturated rings. The van der Waals surface area contributed by atoms with Gasteiger partial charge in [0, 0.05) is 12.2 Å². The van der Waals surface area contributed by atoms with Crippen LogP contribution in [-0.2, 0) is 0 Å². The smallest absolute Gasteiger partial charge is 0.136 e. The Morgan fingerprint density at radius 3 is 2.94 bits per heavy atom. The third kappa shape index (κ3) is 2.64. The van der Waals surface area contributed by atoms with Gasteiger partial charge in [-0.25, -0.2) is 4.98 Å². The second-order valence-corrected chi connectivity index (χ2v) is 5.56. The Balaban J connectivity index is 2.13. The van der Waals surface area contributed by atoms with E-state index in [1.807, 2.05) is 12.1 Å². The molecule has 2 rings (SSSR count). The van der Waals surface area contributed by atoms with Gasteiger partial charge in [0.2, 0.25) is 0 Å². The van der Waals surface area contributed by atoms with Crippen LogP contribution in [0.1, 0.15) is 38.7 Å². The molecule has 0 aliphatic heterocycles. The fraction of sp³-hybridized carbons (Fsp3) is 0.571. The molecule has 1 heterocycles. The number of nitrogens with one attached hydrogen (secondary N) is 1. The minimum atomic E-state index is 0.406. The minimum absolute atomic E-state index is 0.406. The van der Waals surface area contributed by atoms with Gasteiger partial charge in [0.05, 0.1) is 5.56 Å². The first-order chi connectivity index (χ1) is 8.63. The van der Waals surface area contributed by atoms with Crippen LogP contribution in [0.15, 0.2) is 18.3 Å². The Kier molecular flexibility index (Phi) is 4.17. The molecule has 0 amide bonds. The maximum atomic E-state index is 5.73. The highest BCUT2D eigenvalue weighted by molar-refractivity contribution is 7.80. The van der Waals surface area contributed by atoms with Crippen LogP contribution in [-0.4, -0.2) is 16.0 Å². The van der Waals surface area contributed by atoms with Crippen LogP contribution >= 0.6 is 12.2 Å². The van der Waals surface area contributed by atoms with E-state index >= 15 is 0 Å². The standard InChI is InChI=1S/C14H21N3S/c1-3-10-6-7-12(9(10)2)17-14-11(13(15)18)5-4-8-16-14/h4-5,8-10,12H,3,6-7H2,1-2H3,(H2,15,18)(H,16,17). The molecule has 3 atom stereocenters. The summed E-state index contributed by atoms with van der Waals surface area (Å²) in [5, 5.41) is 3.53. The predicted molar refractivity (Wildman–Crippen MR) is 79.7 cm³/mol. The third-order valence-electron chi connectivity index (χ3n) is 4.15. The zero-order chi connectivity index (χ0) is 13.1. The Morgan fingerprint density at radius 2 is 2.33 bits per heavy atom. The van der Waals surface area contributed by atoms with Crippen molar-refractivity contribution in [1.82, 2.24) is 4.98 Å². The minimum Gasteiger partial charge on any atom is -0.389 e. The lowest BCUT2D eigenvalue weighted by atomic mass is 9.93. The van der Waals surface area contributed by atoms with Crippen LogP contribution in [0.3, 0.4) is 0 Å². The van der Waals surface area contributed by atoms with E-state index in [0.29, 0.717) is 16.9 Å². The van der Waals surface area contributed by atoms with Crippen molar-refractivity contribution >= 4 is 23.0 Å². The zero-order valence-corrected chi connectivity index (χ0v) is 11.8. The molecule has 1 aliphatic carbocycles. The molecule has 0 saturated heterocycles. The number of hydrogen-bond donors (Lipinski definition) is 2. The van der Waals surface area contributed by atoms with E-state index in [-0.39, 0.29) is 0 Å². The molecule has 98 valence electrons. The van der Waals surface area contributed by atoms with Crippen molar-refractivity contribution in [1.29, 1.82) is 0 Å². The number of pyridine rings is 1. The van der Waals surface area contributed by atoms with Gasteiger partial charge in [-0.2, -0.15) is 0 Å². The van der Waals surface area contributed by atoms with Gasteiger partial charge in [0.1, 0.15) is 10.8 Å². The number of nitrogens with two attached hydrogens (primary N) is 1. The Hall–Kier alpha value is -1.16. The maximum absolute atomic E-state index is 5.73. The van der Waals surface area contributed by atoms with Gasteiger partial charge in [0.15, 0.2) is 0 Å². The summed E-state index contributed by atoms with van der Waals surface area (Å²) in [7, 11) is 0. The number of anilines is 1. The lowest BCUT2D eigenvalue weighted by Crippen LogP contribution is -2.27. The third-order valence-corrected chi connectivity index (χ3v) is 4.37. The highest BCUT2D eigenvalue weighted by Crippen LogP contribution is 2.35. The van der Waals surface area contributed by atoms with Crippen molar-refractivity contribution in [3.63, 3.8) is 0 Å². The van der Waals surface area contributed by atoms with Crippen molar-refractivity contribution in [3.05, 3.63) is 23.9 Å². The molecule has 3 N–H and O–H groups in total. The van der Waals surface area contributed by atoms with Crippen molar-refractivity contribution in [2.24, 2.45) is 17.6 Å². The summed E-state index contributed by atoms with van der Waals surface area (Å²) >= 11 is 5.06. The summed E-state index contributed by atoms with van der Waals surface area (Å²) in [4.78, 5) is 4.78. The van der Waals surface area contributed by atoms with Gasteiger partial charge in [0.25, 0.3) is 0 Å². The van der Waals surface area contributed by atoms with Crippen LogP contribution in [0.25, 0.3) is 0 Å². The summed E-state index contributed by atoms with van der Waals surface area (Å²) in [6.07, 6.45) is 5.53. The summed E-state index contributed by atoms with van der Waals surface area (Å²) in [5.41, 5.74) is 6.58. The Labute approximate surface area is 114 Å². The van der Waals surface area contributed by atoms with E-state index < -0.39 is 0 Å².